The van der Waals surface area contributed by atoms with Gasteiger partial charge in [0.25, 0.3) is 0 Å². The number of fused-ring (bicyclic) bond motifs is 3. The first-order valence-electron chi connectivity index (χ1n) is 11.4. The summed E-state index contributed by atoms with van der Waals surface area (Å²) < 4.78 is 23.2. The van der Waals surface area contributed by atoms with Crippen molar-refractivity contribution in [2.75, 3.05) is 20.4 Å². The number of benzene rings is 3. The molecule has 1 aromatic heterocycles. The number of hydrogen-bond donors (Lipinski definition) is 0. The molecule has 0 amide bonds. The fraction of sp³-hybridized carbons (Fsp3) is 0.250. The second-order valence-corrected chi connectivity index (χ2v) is 8.43. The van der Waals surface area contributed by atoms with E-state index in [4.69, 9.17) is 18.6 Å². The Balaban J connectivity index is 1.37. The van der Waals surface area contributed by atoms with Crippen LogP contribution in [0.25, 0.3) is 11.0 Å². The molecule has 0 bridgehead atoms. The Morgan fingerprint density at radius 3 is 2.50 bits per heavy atom. The number of ether oxygens (including phenoxy) is 3. The van der Waals surface area contributed by atoms with Crippen LogP contribution in [-0.4, -0.2) is 25.3 Å². The van der Waals surface area contributed by atoms with Gasteiger partial charge < -0.3 is 18.6 Å². The average molecular weight is 458 g/mol. The average Bonchev–Trinajstić information content (AvgIpc) is 2.87. The van der Waals surface area contributed by atoms with E-state index in [0.29, 0.717) is 35.8 Å². The van der Waals surface area contributed by atoms with E-state index < -0.39 is 0 Å². The minimum Gasteiger partial charge on any atom is -0.497 e. The number of aryl methyl sites for hydroxylation is 2. The summed E-state index contributed by atoms with van der Waals surface area (Å²) >= 11 is 0. The van der Waals surface area contributed by atoms with Gasteiger partial charge >= 0.3 is 0 Å². The van der Waals surface area contributed by atoms with Crippen molar-refractivity contribution in [3.63, 3.8) is 0 Å². The highest BCUT2D eigenvalue weighted by atomic mass is 16.5. The molecule has 2 heterocycles. The molecular weight excluding hydrogens is 430 g/mol. The lowest BCUT2D eigenvalue weighted by atomic mass is 10.1. The van der Waals surface area contributed by atoms with Gasteiger partial charge in [-0.2, -0.15) is 0 Å². The predicted molar refractivity (Wildman–Crippen MR) is 131 cm³/mol. The summed E-state index contributed by atoms with van der Waals surface area (Å²) in [7, 11) is 1.60. The molecule has 3 aromatic carbocycles. The van der Waals surface area contributed by atoms with E-state index >= 15 is 0 Å². The molecule has 0 atom stereocenters. The standard InChI is InChI=1S/C28H27NO5/c1-19-27(34-22-12-10-21(31-2)11-13-22)26(30)23-14-15-25-24(28(23)33-19)17-29(18-32-25)16-6-9-20-7-4-3-5-8-20/h3-5,7-8,10-15H,6,9,16-18H2,1-2H3. The zero-order chi connectivity index (χ0) is 23.5. The van der Waals surface area contributed by atoms with Crippen molar-refractivity contribution in [2.45, 2.75) is 26.3 Å². The zero-order valence-electron chi connectivity index (χ0n) is 19.4. The van der Waals surface area contributed by atoms with Gasteiger partial charge in [-0.05, 0) is 61.7 Å². The highest BCUT2D eigenvalue weighted by Crippen LogP contribution is 2.34. The lowest BCUT2D eigenvalue weighted by Crippen LogP contribution is -2.33. The number of nitrogens with zero attached hydrogens (tertiary/aromatic N) is 1. The second-order valence-electron chi connectivity index (χ2n) is 8.43. The molecule has 0 saturated heterocycles. The van der Waals surface area contributed by atoms with Crippen molar-refractivity contribution < 1.29 is 18.6 Å². The van der Waals surface area contributed by atoms with Gasteiger partial charge in [-0.3, -0.25) is 9.69 Å². The van der Waals surface area contributed by atoms with Crippen molar-refractivity contribution in [2.24, 2.45) is 0 Å². The molecule has 0 N–H and O–H groups in total. The molecule has 0 saturated carbocycles. The van der Waals surface area contributed by atoms with Crippen molar-refractivity contribution in [3.05, 3.63) is 93.8 Å². The third-order valence-electron chi connectivity index (χ3n) is 6.09. The van der Waals surface area contributed by atoms with E-state index in [2.05, 4.69) is 29.2 Å². The molecule has 5 rings (SSSR count). The Morgan fingerprint density at radius 1 is 0.971 bits per heavy atom. The molecule has 174 valence electrons. The van der Waals surface area contributed by atoms with Crippen LogP contribution in [0.3, 0.4) is 0 Å². The lowest BCUT2D eigenvalue weighted by molar-refractivity contribution is 0.0946. The van der Waals surface area contributed by atoms with Crippen LogP contribution in [-0.2, 0) is 13.0 Å². The molecule has 0 fully saturated rings. The first-order chi connectivity index (χ1) is 16.6. The van der Waals surface area contributed by atoms with Gasteiger partial charge in [-0.1, -0.05) is 30.3 Å². The van der Waals surface area contributed by atoms with Crippen molar-refractivity contribution in [1.82, 2.24) is 4.90 Å². The van der Waals surface area contributed by atoms with Crippen LogP contribution in [0.2, 0.25) is 0 Å². The van der Waals surface area contributed by atoms with E-state index in [9.17, 15) is 4.79 Å². The molecule has 6 nitrogen and oxygen atoms in total. The van der Waals surface area contributed by atoms with Crippen LogP contribution in [0.5, 0.6) is 23.0 Å². The van der Waals surface area contributed by atoms with Crippen molar-refractivity contribution in [3.8, 4) is 23.0 Å². The van der Waals surface area contributed by atoms with E-state index in [1.54, 1.807) is 44.4 Å². The molecule has 0 unspecified atom stereocenters. The Labute approximate surface area is 198 Å². The van der Waals surface area contributed by atoms with Gasteiger partial charge in [0.15, 0.2) is 0 Å². The van der Waals surface area contributed by atoms with Gasteiger partial charge in [-0.15, -0.1) is 0 Å². The van der Waals surface area contributed by atoms with Crippen LogP contribution in [0, 0.1) is 6.92 Å². The Hall–Kier alpha value is -3.77. The minimum absolute atomic E-state index is 0.189. The van der Waals surface area contributed by atoms with Gasteiger partial charge in [0.2, 0.25) is 11.2 Å². The molecule has 1 aliphatic heterocycles. The van der Waals surface area contributed by atoms with Gasteiger partial charge in [0.05, 0.1) is 18.1 Å². The summed E-state index contributed by atoms with van der Waals surface area (Å²) in [5, 5.41) is 0.489. The molecule has 0 radical (unpaired) electrons. The maximum Gasteiger partial charge on any atom is 0.235 e. The van der Waals surface area contributed by atoms with E-state index in [1.807, 2.05) is 12.1 Å². The third kappa shape index (κ3) is 4.50. The summed E-state index contributed by atoms with van der Waals surface area (Å²) in [5.41, 5.74) is 2.60. The molecular formula is C28H27NO5. The quantitative estimate of drug-likeness (QED) is 0.355. The Kier molecular flexibility index (Phi) is 6.23. The summed E-state index contributed by atoms with van der Waals surface area (Å²) in [5.74, 6) is 2.64. The third-order valence-corrected chi connectivity index (χ3v) is 6.09. The monoisotopic (exact) mass is 457 g/mol. The number of rotatable bonds is 7. The summed E-state index contributed by atoms with van der Waals surface area (Å²) in [6.07, 6.45) is 2.04. The SMILES string of the molecule is COc1ccc(Oc2c(C)oc3c4c(ccc3c2=O)OCN(CCCc2ccccc2)C4)cc1. The van der Waals surface area contributed by atoms with Gasteiger partial charge in [-0.25, -0.2) is 0 Å². The first-order valence-corrected chi connectivity index (χ1v) is 11.4. The van der Waals surface area contributed by atoms with Crippen molar-refractivity contribution in [1.29, 1.82) is 0 Å². The normalized spacial score (nSPS) is 13.4. The number of hydrogen-bond acceptors (Lipinski definition) is 6. The van der Waals surface area contributed by atoms with Crippen LogP contribution in [0.1, 0.15) is 23.3 Å². The molecule has 0 aliphatic carbocycles. The van der Waals surface area contributed by atoms with E-state index in [1.165, 1.54) is 5.56 Å². The van der Waals surface area contributed by atoms with Crippen molar-refractivity contribution >= 4 is 11.0 Å². The second kappa shape index (κ2) is 9.61. The topological polar surface area (TPSA) is 61.1 Å². The molecule has 1 aliphatic rings. The molecule has 34 heavy (non-hydrogen) atoms. The molecule has 0 spiro atoms. The Morgan fingerprint density at radius 2 is 1.74 bits per heavy atom. The first kappa shape index (κ1) is 22.0. The smallest absolute Gasteiger partial charge is 0.235 e. The zero-order valence-corrected chi connectivity index (χ0v) is 19.4. The maximum atomic E-state index is 13.3. The maximum absolute atomic E-state index is 13.3. The molecule has 4 aromatic rings. The van der Waals surface area contributed by atoms with E-state index in [0.717, 1.165) is 36.4 Å². The lowest BCUT2D eigenvalue weighted by Gasteiger charge is -2.29. The highest BCUT2D eigenvalue weighted by molar-refractivity contribution is 5.83. The van der Waals surface area contributed by atoms with Gasteiger partial charge in [0.1, 0.15) is 35.3 Å². The Bertz CT molecular complexity index is 1350. The summed E-state index contributed by atoms with van der Waals surface area (Å²) in [4.78, 5) is 15.5. The fourth-order valence-corrected chi connectivity index (χ4v) is 4.28. The van der Waals surface area contributed by atoms with Crippen LogP contribution in [0.15, 0.2) is 75.9 Å². The summed E-state index contributed by atoms with van der Waals surface area (Å²) in [6, 6.07) is 21.2. The fourth-order valence-electron chi connectivity index (χ4n) is 4.28. The van der Waals surface area contributed by atoms with Crippen LogP contribution >= 0.6 is 0 Å². The predicted octanol–water partition coefficient (Wildman–Crippen LogP) is 5.69. The molecule has 6 heteroatoms. The van der Waals surface area contributed by atoms with Crippen LogP contribution < -0.4 is 19.6 Å². The minimum atomic E-state index is -0.196. The highest BCUT2D eigenvalue weighted by Gasteiger charge is 2.24. The summed E-state index contributed by atoms with van der Waals surface area (Å²) in [6.45, 7) is 3.84. The largest absolute Gasteiger partial charge is 0.497 e. The van der Waals surface area contributed by atoms with Gasteiger partial charge in [0, 0.05) is 13.1 Å². The number of methoxy groups -OCH3 is 1. The van der Waals surface area contributed by atoms with E-state index in [-0.39, 0.29) is 11.2 Å². The van der Waals surface area contributed by atoms with Crippen LogP contribution in [0.4, 0.5) is 0 Å².